The highest BCUT2D eigenvalue weighted by molar-refractivity contribution is 5.88. The zero-order valence-corrected chi connectivity index (χ0v) is 12.0. The van der Waals surface area contributed by atoms with Gasteiger partial charge in [-0.1, -0.05) is 23.4 Å². The molecular weight excluding hydrogens is 268 g/mol. The highest BCUT2D eigenvalue weighted by Crippen LogP contribution is 2.29. The molecule has 0 atom stereocenters. The van der Waals surface area contributed by atoms with E-state index in [0.717, 1.165) is 37.3 Å². The molecule has 0 radical (unpaired) electrons. The largest absolute Gasteiger partial charge is 0.464 e. The third-order valence-corrected chi connectivity index (χ3v) is 3.81. The van der Waals surface area contributed by atoms with Crippen molar-refractivity contribution >= 4 is 5.97 Å². The third-order valence-electron chi connectivity index (χ3n) is 3.81. The van der Waals surface area contributed by atoms with Crippen LogP contribution in [-0.2, 0) is 4.74 Å². The molecule has 21 heavy (non-hydrogen) atoms. The van der Waals surface area contributed by atoms with Crippen LogP contribution < -0.4 is 5.32 Å². The Balaban J connectivity index is 2.07. The van der Waals surface area contributed by atoms with Gasteiger partial charge in [-0.3, -0.25) is 0 Å². The maximum absolute atomic E-state index is 12.0. The lowest BCUT2D eigenvalue weighted by molar-refractivity contribution is 0.0591. The van der Waals surface area contributed by atoms with E-state index in [2.05, 4.69) is 15.6 Å². The van der Waals surface area contributed by atoms with Gasteiger partial charge in [0.05, 0.1) is 18.5 Å². The van der Waals surface area contributed by atoms with Crippen molar-refractivity contribution in [2.75, 3.05) is 20.2 Å². The van der Waals surface area contributed by atoms with E-state index in [9.17, 15) is 4.79 Å². The smallest absolute Gasteiger partial charge is 0.360 e. The fourth-order valence-electron chi connectivity index (χ4n) is 2.75. The Kier molecular flexibility index (Phi) is 3.96. The minimum atomic E-state index is -0.425. The Morgan fingerprint density at radius 3 is 2.67 bits per heavy atom. The van der Waals surface area contributed by atoms with E-state index in [0.29, 0.717) is 5.69 Å². The summed E-state index contributed by atoms with van der Waals surface area (Å²) in [6.45, 7) is 1.87. The van der Waals surface area contributed by atoms with Gasteiger partial charge in [-0.05, 0) is 38.1 Å². The van der Waals surface area contributed by atoms with E-state index in [1.54, 1.807) is 4.68 Å². The third kappa shape index (κ3) is 2.67. The van der Waals surface area contributed by atoms with Crippen molar-refractivity contribution in [2.45, 2.75) is 18.8 Å². The predicted octanol–water partition coefficient (Wildman–Crippen LogP) is 1.52. The van der Waals surface area contributed by atoms with Crippen molar-refractivity contribution in [3.05, 3.63) is 41.7 Å². The van der Waals surface area contributed by atoms with Gasteiger partial charge < -0.3 is 10.1 Å². The van der Waals surface area contributed by atoms with Crippen LogP contribution >= 0.6 is 0 Å². The zero-order valence-electron chi connectivity index (χ0n) is 12.0. The molecule has 1 aliphatic rings. The lowest BCUT2D eigenvalue weighted by Gasteiger charge is -2.23. The average molecular weight is 286 g/mol. The first-order chi connectivity index (χ1) is 10.3. The van der Waals surface area contributed by atoms with Crippen LogP contribution in [0.2, 0.25) is 0 Å². The summed E-state index contributed by atoms with van der Waals surface area (Å²) >= 11 is 0. The summed E-state index contributed by atoms with van der Waals surface area (Å²) in [6.07, 6.45) is 1.93. The van der Waals surface area contributed by atoms with Crippen LogP contribution in [0.1, 0.15) is 34.9 Å². The van der Waals surface area contributed by atoms with Crippen LogP contribution in [-0.4, -0.2) is 41.2 Å². The predicted molar refractivity (Wildman–Crippen MR) is 77.5 cm³/mol. The van der Waals surface area contributed by atoms with Crippen molar-refractivity contribution in [3.63, 3.8) is 0 Å². The highest BCUT2D eigenvalue weighted by Gasteiger charge is 2.28. The molecule has 110 valence electrons. The van der Waals surface area contributed by atoms with Gasteiger partial charge in [0, 0.05) is 5.92 Å². The maximum atomic E-state index is 12.0. The van der Waals surface area contributed by atoms with Crippen molar-refractivity contribution in [2.24, 2.45) is 0 Å². The van der Waals surface area contributed by atoms with Gasteiger partial charge >= 0.3 is 5.97 Å². The molecule has 0 spiro atoms. The first kappa shape index (κ1) is 13.8. The summed E-state index contributed by atoms with van der Waals surface area (Å²) in [5, 5.41) is 11.6. The molecule has 6 heteroatoms. The molecule has 1 saturated heterocycles. The van der Waals surface area contributed by atoms with Crippen molar-refractivity contribution in [3.8, 4) is 5.69 Å². The SMILES string of the molecule is COC(=O)c1nnn(-c2ccccc2)c1C1CCNCC1. The summed E-state index contributed by atoms with van der Waals surface area (Å²) in [5.41, 5.74) is 2.09. The molecule has 1 N–H and O–H groups in total. The molecule has 2 heterocycles. The molecule has 0 unspecified atom stereocenters. The fourth-order valence-corrected chi connectivity index (χ4v) is 2.75. The van der Waals surface area contributed by atoms with Crippen molar-refractivity contribution in [1.29, 1.82) is 0 Å². The molecule has 0 saturated carbocycles. The number of benzene rings is 1. The quantitative estimate of drug-likeness (QED) is 0.866. The summed E-state index contributed by atoms with van der Waals surface area (Å²) in [5.74, 6) is -0.165. The number of ether oxygens (including phenoxy) is 1. The van der Waals surface area contributed by atoms with E-state index in [1.807, 2.05) is 30.3 Å². The maximum Gasteiger partial charge on any atom is 0.360 e. The van der Waals surface area contributed by atoms with Gasteiger partial charge in [0.1, 0.15) is 0 Å². The van der Waals surface area contributed by atoms with Gasteiger partial charge in [0.15, 0.2) is 5.69 Å². The van der Waals surface area contributed by atoms with Crippen LogP contribution in [0.15, 0.2) is 30.3 Å². The number of carbonyl (C=O) groups excluding carboxylic acids is 1. The Hall–Kier alpha value is -2.21. The van der Waals surface area contributed by atoms with E-state index < -0.39 is 5.97 Å². The summed E-state index contributed by atoms with van der Waals surface area (Å²) < 4.78 is 6.61. The van der Waals surface area contributed by atoms with Gasteiger partial charge in [-0.2, -0.15) is 0 Å². The van der Waals surface area contributed by atoms with Gasteiger partial charge in [-0.15, -0.1) is 5.10 Å². The number of piperidine rings is 1. The number of aromatic nitrogens is 3. The molecule has 2 aromatic rings. The highest BCUT2D eigenvalue weighted by atomic mass is 16.5. The molecule has 0 bridgehead atoms. The summed E-state index contributed by atoms with van der Waals surface area (Å²) in [4.78, 5) is 12.0. The van der Waals surface area contributed by atoms with Crippen LogP contribution in [0.4, 0.5) is 0 Å². The molecule has 1 fully saturated rings. The first-order valence-corrected chi connectivity index (χ1v) is 7.11. The number of nitrogens with zero attached hydrogens (tertiary/aromatic N) is 3. The van der Waals surface area contributed by atoms with Crippen LogP contribution in [0, 0.1) is 0 Å². The number of hydrogen-bond acceptors (Lipinski definition) is 5. The molecule has 1 aromatic heterocycles. The standard InChI is InChI=1S/C15H18N4O2/c1-21-15(20)13-14(11-7-9-16-10-8-11)19(18-17-13)12-5-3-2-4-6-12/h2-6,11,16H,7-10H2,1H3. The van der Waals surface area contributed by atoms with Crippen LogP contribution in [0.5, 0.6) is 0 Å². The molecule has 0 aliphatic carbocycles. The Labute approximate surface area is 123 Å². The summed E-state index contributed by atoms with van der Waals surface area (Å²) in [6, 6.07) is 9.76. The molecule has 1 aromatic carbocycles. The number of nitrogens with one attached hydrogen (secondary N) is 1. The fraction of sp³-hybridized carbons (Fsp3) is 0.400. The minimum Gasteiger partial charge on any atom is -0.464 e. The number of para-hydroxylation sites is 1. The lowest BCUT2D eigenvalue weighted by atomic mass is 9.93. The van der Waals surface area contributed by atoms with E-state index in [4.69, 9.17) is 4.74 Å². The van der Waals surface area contributed by atoms with Crippen molar-refractivity contribution < 1.29 is 9.53 Å². The number of esters is 1. The zero-order chi connectivity index (χ0) is 14.7. The van der Waals surface area contributed by atoms with Crippen molar-refractivity contribution in [1.82, 2.24) is 20.3 Å². The average Bonchev–Trinajstić information content (AvgIpc) is 3.00. The van der Waals surface area contributed by atoms with Gasteiger partial charge in [-0.25, -0.2) is 9.48 Å². The minimum absolute atomic E-state index is 0.260. The van der Waals surface area contributed by atoms with Crippen LogP contribution in [0.3, 0.4) is 0 Å². The van der Waals surface area contributed by atoms with E-state index >= 15 is 0 Å². The molecule has 0 amide bonds. The molecular formula is C15H18N4O2. The van der Waals surface area contributed by atoms with E-state index in [-0.39, 0.29) is 5.92 Å². The Morgan fingerprint density at radius 2 is 2.00 bits per heavy atom. The second-order valence-corrected chi connectivity index (χ2v) is 5.09. The Bertz CT molecular complexity index is 618. The van der Waals surface area contributed by atoms with Gasteiger partial charge in [0.25, 0.3) is 0 Å². The van der Waals surface area contributed by atoms with Crippen LogP contribution in [0.25, 0.3) is 5.69 Å². The summed E-state index contributed by atoms with van der Waals surface area (Å²) in [7, 11) is 1.37. The lowest BCUT2D eigenvalue weighted by Crippen LogP contribution is -2.28. The molecule has 6 nitrogen and oxygen atoms in total. The Morgan fingerprint density at radius 1 is 1.29 bits per heavy atom. The number of carbonyl (C=O) groups is 1. The number of rotatable bonds is 3. The number of hydrogen-bond donors (Lipinski definition) is 1. The van der Waals surface area contributed by atoms with E-state index in [1.165, 1.54) is 7.11 Å². The number of methoxy groups -OCH3 is 1. The monoisotopic (exact) mass is 286 g/mol. The topological polar surface area (TPSA) is 69.0 Å². The second kappa shape index (κ2) is 6.05. The first-order valence-electron chi connectivity index (χ1n) is 7.11. The van der Waals surface area contributed by atoms with Gasteiger partial charge in [0.2, 0.25) is 0 Å². The molecule has 1 aliphatic heterocycles. The second-order valence-electron chi connectivity index (χ2n) is 5.09. The normalized spacial score (nSPS) is 15.9. The molecule has 3 rings (SSSR count).